The maximum absolute atomic E-state index is 10.8. The third kappa shape index (κ3) is 1.65. The van der Waals surface area contributed by atoms with E-state index in [1.165, 1.54) is 0 Å². The largest absolute Gasteiger partial charge is 0.369 e. The highest BCUT2D eigenvalue weighted by molar-refractivity contribution is 9.10. The monoisotopic (exact) mass is 252 g/mol. The number of benzene rings is 1. The summed E-state index contributed by atoms with van der Waals surface area (Å²) >= 11 is 3.39. The van der Waals surface area contributed by atoms with Crippen LogP contribution >= 0.6 is 15.9 Å². The van der Waals surface area contributed by atoms with Crippen molar-refractivity contribution in [3.63, 3.8) is 0 Å². The van der Waals surface area contributed by atoms with Crippen molar-refractivity contribution in [2.75, 3.05) is 0 Å². The molecule has 72 valence electrons. The van der Waals surface area contributed by atoms with Gasteiger partial charge in [0.1, 0.15) is 0 Å². The molecule has 0 aliphatic heterocycles. The number of fused-ring (bicyclic) bond motifs is 1. The highest BCUT2D eigenvalue weighted by Gasteiger charge is 2.06. The average molecular weight is 253 g/mol. The summed E-state index contributed by atoms with van der Waals surface area (Å²) in [5.74, 6) is -0.320. The van der Waals surface area contributed by atoms with Crippen molar-refractivity contribution in [1.29, 1.82) is 0 Å². The van der Waals surface area contributed by atoms with Crippen LogP contribution in [0, 0.1) is 0 Å². The number of aromatic amines is 1. The van der Waals surface area contributed by atoms with Gasteiger partial charge in [0.2, 0.25) is 5.91 Å². The van der Waals surface area contributed by atoms with Gasteiger partial charge in [0.05, 0.1) is 6.42 Å². The van der Waals surface area contributed by atoms with Crippen LogP contribution in [0.5, 0.6) is 0 Å². The molecular formula is C10H9BrN2O. The number of hydrogen-bond donors (Lipinski definition) is 2. The number of aromatic nitrogens is 1. The highest BCUT2D eigenvalue weighted by Crippen LogP contribution is 2.23. The van der Waals surface area contributed by atoms with E-state index in [2.05, 4.69) is 20.9 Å². The Morgan fingerprint density at radius 3 is 3.00 bits per heavy atom. The summed E-state index contributed by atoms with van der Waals surface area (Å²) in [7, 11) is 0. The number of amides is 1. The number of H-pyrrole nitrogens is 1. The summed E-state index contributed by atoms with van der Waals surface area (Å²) in [6.07, 6.45) is 2.11. The molecule has 1 aromatic heterocycles. The first-order valence-electron chi connectivity index (χ1n) is 4.20. The zero-order chi connectivity index (χ0) is 10.1. The van der Waals surface area contributed by atoms with Gasteiger partial charge >= 0.3 is 0 Å². The van der Waals surface area contributed by atoms with E-state index in [4.69, 9.17) is 5.73 Å². The molecule has 0 bridgehead atoms. The lowest BCUT2D eigenvalue weighted by atomic mass is 10.1. The summed E-state index contributed by atoms with van der Waals surface area (Å²) in [6.45, 7) is 0. The van der Waals surface area contributed by atoms with Crippen molar-refractivity contribution in [3.8, 4) is 0 Å². The lowest BCUT2D eigenvalue weighted by Gasteiger charge is -2.01. The van der Waals surface area contributed by atoms with Crippen LogP contribution in [-0.2, 0) is 11.2 Å². The molecule has 0 radical (unpaired) electrons. The van der Waals surface area contributed by atoms with E-state index < -0.39 is 0 Å². The van der Waals surface area contributed by atoms with Crippen LogP contribution in [0.1, 0.15) is 5.56 Å². The van der Waals surface area contributed by atoms with Gasteiger partial charge in [-0.1, -0.05) is 15.9 Å². The molecule has 0 unspecified atom stereocenters. The maximum Gasteiger partial charge on any atom is 0.221 e. The quantitative estimate of drug-likeness (QED) is 0.844. The smallest absolute Gasteiger partial charge is 0.221 e. The van der Waals surface area contributed by atoms with Crippen LogP contribution in [0.3, 0.4) is 0 Å². The van der Waals surface area contributed by atoms with Gasteiger partial charge in [0, 0.05) is 21.6 Å². The Bertz CT molecular complexity index is 490. The fourth-order valence-corrected chi connectivity index (χ4v) is 2.06. The Morgan fingerprint density at radius 2 is 2.29 bits per heavy atom. The van der Waals surface area contributed by atoms with Gasteiger partial charge in [-0.15, -0.1) is 0 Å². The lowest BCUT2D eigenvalue weighted by Crippen LogP contribution is -2.13. The van der Waals surface area contributed by atoms with Crippen LogP contribution in [0.4, 0.5) is 0 Å². The molecule has 2 aromatic rings. The van der Waals surface area contributed by atoms with E-state index in [-0.39, 0.29) is 12.3 Å². The molecule has 2 rings (SSSR count). The van der Waals surface area contributed by atoms with E-state index in [0.717, 1.165) is 20.9 Å². The molecule has 0 aliphatic rings. The third-order valence-corrected chi connectivity index (χ3v) is 2.53. The predicted molar refractivity (Wildman–Crippen MR) is 58.9 cm³/mol. The van der Waals surface area contributed by atoms with Crippen molar-refractivity contribution >= 4 is 32.7 Å². The van der Waals surface area contributed by atoms with Gasteiger partial charge in [-0.05, 0) is 23.8 Å². The van der Waals surface area contributed by atoms with Crippen LogP contribution < -0.4 is 5.73 Å². The molecular weight excluding hydrogens is 244 g/mol. The number of rotatable bonds is 2. The Labute approximate surface area is 89.4 Å². The standard InChI is InChI=1S/C10H9BrN2O/c11-8-3-6-1-2-13-10(6)7(4-8)5-9(12)14/h1-4,13H,5H2,(H2,12,14). The first-order valence-corrected chi connectivity index (χ1v) is 5.00. The minimum atomic E-state index is -0.320. The minimum absolute atomic E-state index is 0.260. The summed E-state index contributed by atoms with van der Waals surface area (Å²) in [5.41, 5.74) is 7.07. The van der Waals surface area contributed by atoms with Gasteiger partial charge in [0.15, 0.2) is 0 Å². The normalized spacial score (nSPS) is 10.6. The van der Waals surface area contributed by atoms with Crippen molar-refractivity contribution in [2.45, 2.75) is 6.42 Å². The fourth-order valence-electron chi connectivity index (χ4n) is 1.54. The van der Waals surface area contributed by atoms with Gasteiger partial charge in [0.25, 0.3) is 0 Å². The second kappa shape index (κ2) is 3.46. The Morgan fingerprint density at radius 1 is 1.50 bits per heavy atom. The molecule has 14 heavy (non-hydrogen) atoms. The van der Waals surface area contributed by atoms with Gasteiger partial charge in [-0.3, -0.25) is 4.79 Å². The SMILES string of the molecule is NC(=O)Cc1cc(Br)cc2cc[nH]c12. The molecule has 3 nitrogen and oxygen atoms in total. The predicted octanol–water partition coefficient (Wildman–Crippen LogP) is 1.96. The van der Waals surface area contributed by atoms with Crippen molar-refractivity contribution in [1.82, 2.24) is 4.98 Å². The zero-order valence-electron chi connectivity index (χ0n) is 7.38. The number of hydrogen-bond acceptors (Lipinski definition) is 1. The molecule has 1 heterocycles. The van der Waals surface area contributed by atoms with Gasteiger partial charge in [-0.2, -0.15) is 0 Å². The molecule has 0 aliphatic carbocycles. The third-order valence-electron chi connectivity index (χ3n) is 2.07. The second-order valence-corrected chi connectivity index (χ2v) is 4.07. The molecule has 1 amide bonds. The molecule has 0 fully saturated rings. The Balaban J connectivity index is 2.60. The first kappa shape index (κ1) is 9.27. The molecule has 0 saturated carbocycles. The fraction of sp³-hybridized carbons (Fsp3) is 0.100. The number of carbonyl (C=O) groups is 1. The molecule has 0 spiro atoms. The van der Waals surface area contributed by atoms with E-state index in [9.17, 15) is 4.79 Å². The Hall–Kier alpha value is -1.29. The van der Waals surface area contributed by atoms with Crippen LogP contribution in [0.2, 0.25) is 0 Å². The molecule has 4 heteroatoms. The van der Waals surface area contributed by atoms with Gasteiger partial charge < -0.3 is 10.7 Å². The van der Waals surface area contributed by atoms with Crippen LogP contribution in [0.25, 0.3) is 10.9 Å². The van der Waals surface area contributed by atoms with E-state index in [1.54, 1.807) is 0 Å². The first-order chi connectivity index (χ1) is 6.66. The van der Waals surface area contributed by atoms with Crippen LogP contribution in [-0.4, -0.2) is 10.9 Å². The van der Waals surface area contributed by atoms with Crippen molar-refractivity contribution in [2.24, 2.45) is 5.73 Å². The second-order valence-electron chi connectivity index (χ2n) is 3.15. The van der Waals surface area contributed by atoms with Crippen molar-refractivity contribution < 1.29 is 4.79 Å². The lowest BCUT2D eigenvalue weighted by molar-refractivity contribution is -0.117. The topological polar surface area (TPSA) is 58.9 Å². The number of halogens is 1. The van der Waals surface area contributed by atoms with Gasteiger partial charge in [-0.25, -0.2) is 0 Å². The molecule has 0 atom stereocenters. The number of primary amides is 1. The highest BCUT2D eigenvalue weighted by atomic mass is 79.9. The van der Waals surface area contributed by atoms with E-state index >= 15 is 0 Å². The summed E-state index contributed by atoms with van der Waals surface area (Å²) in [4.78, 5) is 13.9. The minimum Gasteiger partial charge on any atom is -0.369 e. The number of nitrogens with one attached hydrogen (secondary N) is 1. The molecule has 3 N–H and O–H groups in total. The summed E-state index contributed by atoms with van der Waals surface area (Å²) in [5, 5.41) is 1.08. The zero-order valence-corrected chi connectivity index (χ0v) is 8.97. The Kier molecular flexibility index (Phi) is 2.29. The average Bonchev–Trinajstić information content (AvgIpc) is 2.50. The summed E-state index contributed by atoms with van der Waals surface area (Å²) < 4.78 is 0.959. The molecule has 1 aromatic carbocycles. The number of carbonyl (C=O) groups excluding carboxylic acids is 1. The summed E-state index contributed by atoms with van der Waals surface area (Å²) in [6, 6.07) is 5.87. The van der Waals surface area contributed by atoms with Crippen LogP contribution in [0.15, 0.2) is 28.9 Å². The van der Waals surface area contributed by atoms with E-state index in [0.29, 0.717) is 0 Å². The van der Waals surface area contributed by atoms with Crippen molar-refractivity contribution in [3.05, 3.63) is 34.4 Å². The maximum atomic E-state index is 10.8. The molecule has 0 saturated heterocycles. The number of nitrogens with two attached hydrogens (primary N) is 1. The van der Waals surface area contributed by atoms with E-state index in [1.807, 2.05) is 24.4 Å².